The van der Waals surface area contributed by atoms with E-state index in [1.54, 1.807) is 18.3 Å². The first-order valence-electron chi connectivity index (χ1n) is 12.3. The van der Waals surface area contributed by atoms with Gasteiger partial charge in [-0.2, -0.15) is 5.26 Å². The van der Waals surface area contributed by atoms with Gasteiger partial charge in [0.1, 0.15) is 18.4 Å². The number of nitrogens with zero attached hydrogens (tertiary/aromatic N) is 3. The molecular formula is C29H27N3O3. The maximum atomic E-state index is 13.4. The molecule has 2 aromatic carbocycles. The van der Waals surface area contributed by atoms with Crippen LogP contribution < -0.4 is 0 Å². The Morgan fingerprint density at radius 1 is 1.03 bits per heavy atom. The van der Waals surface area contributed by atoms with E-state index in [9.17, 15) is 9.90 Å². The molecule has 2 unspecified atom stereocenters. The monoisotopic (exact) mass is 465 g/mol. The number of ether oxygens (including phenoxy) is 1. The summed E-state index contributed by atoms with van der Waals surface area (Å²) in [7, 11) is 0. The number of aromatic nitrogens is 1. The zero-order valence-electron chi connectivity index (χ0n) is 19.4. The Bertz CT molecular complexity index is 1250. The molecule has 2 aliphatic heterocycles. The first kappa shape index (κ1) is 21.8. The third-order valence-corrected chi connectivity index (χ3v) is 7.97. The van der Waals surface area contributed by atoms with Crippen molar-refractivity contribution < 1.29 is 14.6 Å². The molecule has 2 bridgehead atoms. The van der Waals surface area contributed by atoms with Crippen LogP contribution in [0.4, 0.5) is 4.79 Å². The van der Waals surface area contributed by atoms with Gasteiger partial charge in [0.15, 0.2) is 0 Å². The molecule has 1 aromatic heterocycles. The minimum atomic E-state index is -1.06. The highest BCUT2D eigenvalue weighted by Crippen LogP contribution is 2.46. The predicted molar refractivity (Wildman–Crippen MR) is 130 cm³/mol. The summed E-state index contributed by atoms with van der Waals surface area (Å²) in [5.74, 6) is 0.0256. The number of pyridine rings is 1. The van der Waals surface area contributed by atoms with Crippen LogP contribution in [0.3, 0.4) is 0 Å². The van der Waals surface area contributed by atoms with Gasteiger partial charge in [0.05, 0.1) is 5.60 Å². The van der Waals surface area contributed by atoms with Gasteiger partial charge < -0.3 is 14.7 Å². The van der Waals surface area contributed by atoms with Crippen LogP contribution in [0.15, 0.2) is 66.9 Å². The van der Waals surface area contributed by atoms with Gasteiger partial charge in [0, 0.05) is 42.6 Å². The minimum Gasteiger partial charge on any atom is -0.448 e. The maximum Gasteiger partial charge on any atom is 0.410 e. The van der Waals surface area contributed by atoms with Crippen LogP contribution in [0.2, 0.25) is 0 Å². The lowest BCUT2D eigenvalue weighted by molar-refractivity contribution is -0.0892. The van der Waals surface area contributed by atoms with Crippen molar-refractivity contribution in [1.29, 1.82) is 5.26 Å². The second kappa shape index (κ2) is 8.51. The molecule has 3 aromatic rings. The van der Waals surface area contributed by atoms with E-state index in [4.69, 9.17) is 10.00 Å². The number of amides is 1. The molecule has 176 valence electrons. The highest BCUT2D eigenvalue weighted by molar-refractivity contribution is 5.79. The van der Waals surface area contributed by atoms with Crippen molar-refractivity contribution in [2.24, 2.45) is 0 Å². The standard InChI is InChI=1S/C29H27N3O3/c30-16-20-13-12-19(17-31-20)29(34)14-21-6-5-7-22(15-29)32(21)28(33)35-18-27-25-10-3-1-8-23(25)24-9-2-4-11-26(24)27/h1-4,8-13,17,21-22,27,34H,5-7,14-15,18H2. The second-order valence-electron chi connectivity index (χ2n) is 9.93. The van der Waals surface area contributed by atoms with Crippen LogP contribution >= 0.6 is 0 Å². The minimum absolute atomic E-state index is 0.0256. The Kier molecular flexibility index (Phi) is 5.31. The first-order chi connectivity index (χ1) is 17.1. The summed E-state index contributed by atoms with van der Waals surface area (Å²) >= 11 is 0. The lowest BCUT2D eigenvalue weighted by Crippen LogP contribution is -2.59. The number of nitriles is 1. The highest BCUT2D eigenvalue weighted by Gasteiger charge is 2.49. The normalized spacial score (nSPS) is 24.9. The molecular weight excluding hydrogens is 438 g/mol. The predicted octanol–water partition coefficient (Wildman–Crippen LogP) is 5.11. The molecule has 0 saturated carbocycles. The second-order valence-corrected chi connectivity index (χ2v) is 9.93. The lowest BCUT2D eigenvalue weighted by Gasteiger charge is -2.51. The molecule has 1 N–H and O–H groups in total. The molecule has 1 aliphatic carbocycles. The molecule has 2 saturated heterocycles. The quantitative estimate of drug-likeness (QED) is 0.581. The zero-order valence-corrected chi connectivity index (χ0v) is 19.4. The van der Waals surface area contributed by atoms with E-state index >= 15 is 0 Å². The Balaban J connectivity index is 1.20. The van der Waals surface area contributed by atoms with Gasteiger partial charge in [-0.05, 0) is 47.6 Å². The third kappa shape index (κ3) is 3.67. The number of fused-ring (bicyclic) bond motifs is 5. The number of aliphatic hydroxyl groups is 1. The van der Waals surface area contributed by atoms with E-state index in [0.29, 0.717) is 30.7 Å². The molecule has 6 rings (SSSR count). The average Bonchev–Trinajstić information content (AvgIpc) is 3.20. The highest BCUT2D eigenvalue weighted by atomic mass is 16.6. The van der Waals surface area contributed by atoms with Crippen molar-refractivity contribution in [3.63, 3.8) is 0 Å². The molecule has 1 amide bonds. The Morgan fingerprint density at radius 2 is 1.66 bits per heavy atom. The van der Waals surface area contributed by atoms with E-state index in [0.717, 1.165) is 19.3 Å². The summed E-state index contributed by atoms with van der Waals surface area (Å²) in [5, 5.41) is 20.6. The summed E-state index contributed by atoms with van der Waals surface area (Å²) in [6.07, 6.45) is 4.91. The van der Waals surface area contributed by atoms with Gasteiger partial charge in [-0.1, -0.05) is 54.6 Å². The fraction of sp³-hybridized carbons (Fsp3) is 0.345. The fourth-order valence-corrected chi connectivity index (χ4v) is 6.37. The molecule has 3 heterocycles. The van der Waals surface area contributed by atoms with Crippen molar-refractivity contribution >= 4 is 6.09 Å². The molecule has 2 atom stereocenters. The van der Waals surface area contributed by atoms with Crippen LogP contribution in [0.1, 0.15) is 60.4 Å². The zero-order chi connectivity index (χ0) is 24.0. The summed E-state index contributed by atoms with van der Waals surface area (Å²) in [4.78, 5) is 19.4. The van der Waals surface area contributed by atoms with Crippen molar-refractivity contribution in [3.05, 3.63) is 89.2 Å². The molecule has 6 heteroatoms. The van der Waals surface area contributed by atoms with E-state index in [1.165, 1.54) is 22.3 Å². The SMILES string of the molecule is N#Cc1ccc(C2(O)CC3CCCC(C2)N3C(=O)OCC2c3ccccc3-c3ccccc32)cn1. The van der Waals surface area contributed by atoms with E-state index in [1.807, 2.05) is 35.2 Å². The Hall–Kier alpha value is -3.69. The molecule has 0 radical (unpaired) electrons. The maximum absolute atomic E-state index is 13.4. The van der Waals surface area contributed by atoms with Crippen LogP contribution in [0.25, 0.3) is 11.1 Å². The summed E-state index contributed by atoms with van der Waals surface area (Å²) in [5.41, 5.74) is 4.79. The smallest absolute Gasteiger partial charge is 0.410 e. The van der Waals surface area contributed by atoms with Crippen LogP contribution in [0.5, 0.6) is 0 Å². The van der Waals surface area contributed by atoms with Crippen LogP contribution in [0, 0.1) is 11.3 Å². The number of hydrogen-bond donors (Lipinski definition) is 1. The lowest BCUT2D eigenvalue weighted by atomic mass is 9.73. The Morgan fingerprint density at radius 3 is 2.23 bits per heavy atom. The van der Waals surface area contributed by atoms with Crippen molar-refractivity contribution in [1.82, 2.24) is 9.88 Å². The summed E-state index contributed by atoms with van der Waals surface area (Å²) in [6, 6.07) is 21.9. The molecule has 35 heavy (non-hydrogen) atoms. The van der Waals surface area contributed by atoms with Gasteiger partial charge in [0.2, 0.25) is 0 Å². The van der Waals surface area contributed by atoms with Gasteiger partial charge in [0.25, 0.3) is 0 Å². The van der Waals surface area contributed by atoms with Crippen molar-refractivity contribution in [3.8, 4) is 17.2 Å². The number of carbonyl (C=O) groups is 1. The van der Waals surface area contributed by atoms with E-state index < -0.39 is 5.60 Å². The average molecular weight is 466 g/mol. The molecule has 2 fully saturated rings. The van der Waals surface area contributed by atoms with Crippen LogP contribution in [-0.2, 0) is 10.3 Å². The summed E-state index contributed by atoms with van der Waals surface area (Å²) < 4.78 is 5.98. The Labute approximate surface area is 204 Å². The molecule has 6 nitrogen and oxygen atoms in total. The van der Waals surface area contributed by atoms with E-state index in [2.05, 4.69) is 29.2 Å². The van der Waals surface area contributed by atoms with E-state index in [-0.39, 0.29) is 24.1 Å². The summed E-state index contributed by atoms with van der Waals surface area (Å²) in [6.45, 7) is 0.298. The van der Waals surface area contributed by atoms with Crippen molar-refractivity contribution in [2.75, 3.05) is 6.61 Å². The topological polar surface area (TPSA) is 86.5 Å². The number of benzene rings is 2. The number of hydrogen-bond acceptors (Lipinski definition) is 5. The van der Waals surface area contributed by atoms with Crippen LogP contribution in [-0.4, -0.2) is 39.8 Å². The van der Waals surface area contributed by atoms with Gasteiger partial charge >= 0.3 is 6.09 Å². The van der Waals surface area contributed by atoms with Gasteiger partial charge in [-0.3, -0.25) is 0 Å². The fourth-order valence-electron chi connectivity index (χ4n) is 6.37. The first-order valence-corrected chi connectivity index (χ1v) is 12.3. The van der Waals surface area contributed by atoms with Gasteiger partial charge in [-0.25, -0.2) is 9.78 Å². The third-order valence-electron chi connectivity index (χ3n) is 7.97. The van der Waals surface area contributed by atoms with Gasteiger partial charge in [-0.15, -0.1) is 0 Å². The molecule has 0 spiro atoms. The number of piperidine rings is 2. The molecule has 3 aliphatic rings. The number of carbonyl (C=O) groups excluding carboxylic acids is 1. The number of rotatable bonds is 3. The van der Waals surface area contributed by atoms with Crippen molar-refractivity contribution in [2.45, 2.75) is 55.7 Å². The largest absolute Gasteiger partial charge is 0.448 e.